The molecule has 1 fully saturated rings. The lowest BCUT2D eigenvalue weighted by molar-refractivity contribution is 0.00578. The van der Waals surface area contributed by atoms with Crippen LogP contribution in [0.4, 0.5) is 0 Å². The summed E-state index contributed by atoms with van der Waals surface area (Å²) < 4.78 is 17.1. The highest BCUT2D eigenvalue weighted by Gasteiger charge is 2.52. The predicted molar refractivity (Wildman–Crippen MR) is 75.0 cm³/mol. The first-order valence-corrected chi connectivity index (χ1v) is 6.37. The second-order valence-corrected chi connectivity index (χ2v) is 5.76. The van der Waals surface area contributed by atoms with Crippen molar-refractivity contribution in [3.63, 3.8) is 0 Å². The summed E-state index contributed by atoms with van der Waals surface area (Å²) in [7, 11) is 0.916. The van der Waals surface area contributed by atoms with Gasteiger partial charge < -0.3 is 19.8 Å². The Kier molecular flexibility index (Phi) is 3.52. The molecule has 0 bridgehead atoms. The van der Waals surface area contributed by atoms with E-state index in [2.05, 4.69) is 4.98 Å². The van der Waals surface area contributed by atoms with E-state index < -0.39 is 24.2 Å². The standard InChI is InChI=1S/C13H19BN2O4/c1-12(2)13(3,4)20-14(19-12)8-7-16-9(11(15)17)6-10(8)18-5/h6-7H,1-5H3,(H2,15,17). The van der Waals surface area contributed by atoms with E-state index in [4.69, 9.17) is 19.8 Å². The number of pyridine rings is 1. The van der Waals surface area contributed by atoms with E-state index in [1.165, 1.54) is 19.4 Å². The van der Waals surface area contributed by atoms with Crippen molar-refractivity contribution in [1.82, 2.24) is 4.98 Å². The van der Waals surface area contributed by atoms with E-state index in [0.29, 0.717) is 11.2 Å². The van der Waals surface area contributed by atoms with Crippen molar-refractivity contribution in [3.05, 3.63) is 18.0 Å². The number of rotatable bonds is 3. The Labute approximate surface area is 118 Å². The monoisotopic (exact) mass is 278 g/mol. The minimum absolute atomic E-state index is 0.141. The van der Waals surface area contributed by atoms with Crippen LogP contribution in [-0.2, 0) is 9.31 Å². The summed E-state index contributed by atoms with van der Waals surface area (Å²) in [4.78, 5) is 15.2. The van der Waals surface area contributed by atoms with Crippen molar-refractivity contribution >= 4 is 18.5 Å². The maximum atomic E-state index is 11.1. The lowest BCUT2D eigenvalue weighted by Gasteiger charge is -2.32. The summed E-state index contributed by atoms with van der Waals surface area (Å²) in [5, 5.41) is 0. The molecule has 20 heavy (non-hydrogen) atoms. The number of ether oxygens (including phenoxy) is 1. The van der Waals surface area contributed by atoms with E-state index in [9.17, 15) is 4.79 Å². The number of aromatic nitrogens is 1. The van der Waals surface area contributed by atoms with Gasteiger partial charge in [-0.2, -0.15) is 0 Å². The number of primary amides is 1. The van der Waals surface area contributed by atoms with E-state index in [0.717, 1.165) is 0 Å². The molecule has 1 aromatic rings. The third-order valence-electron chi connectivity index (χ3n) is 3.87. The number of nitrogens with zero attached hydrogens (tertiary/aromatic N) is 1. The zero-order chi connectivity index (χ0) is 15.1. The van der Waals surface area contributed by atoms with Gasteiger partial charge in [0.05, 0.1) is 18.3 Å². The van der Waals surface area contributed by atoms with E-state index in [1.54, 1.807) is 0 Å². The molecule has 0 aromatic carbocycles. The Morgan fingerprint density at radius 1 is 1.30 bits per heavy atom. The highest BCUT2D eigenvalue weighted by molar-refractivity contribution is 6.63. The summed E-state index contributed by atoms with van der Waals surface area (Å²) >= 11 is 0. The first kappa shape index (κ1) is 14.8. The molecule has 1 aromatic heterocycles. The van der Waals surface area contributed by atoms with Crippen LogP contribution in [0.3, 0.4) is 0 Å². The van der Waals surface area contributed by atoms with Crippen molar-refractivity contribution in [3.8, 4) is 5.75 Å². The van der Waals surface area contributed by atoms with E-state index >= 15 is 0 Å². The average molecular weight is 278 g/mol. The second-order valence-electron chi connectivity index (χ2n) is 5.76. The maximum absolute atomic E-state index is 11.1. The lowest BCUT2D eigenvalue weighted by Crippen LogP contribution is -2.41. The number of nitrogens with two attached hydrogens (primary N) is 1. The largest absolute Gasteiger partial charge is 0.500 e. The van der Waals surface area contributed by atoms with Gasteiger partial charge in [0.2, 0.25) is 0 Å². The first-order valence-electron chi connectivity index (χ1n) is 6.37. The van der Waals surface area contributed by atoms with Crippen LogP contribution in [0.15, 0.2) is 12.3 Å². The van der Waals surface area contributed by atoms with Crippen molar-refractivity contribution in [1.29, 1.82) is 0 Å². The van der Waals surface area contributed by atoms with Crippen molar-refractivity contribution in [2.45, 2.75) is 38.9 Å². The van der Waals surface area contributed by atoms with Gasteiger partial charge in [0.1, 0.15) is 11.4 Å². The maximum Gasteiger partial charge on any atom is 0.500 e. The van der Waals surface area contributed by atoms with Crippen LogP contribution in [0.25, 0.3) is 0 Å². The molecule has 0 saturated carbocycles. The minimum Gasteiger partial charge on any atom is -0.497 e. The number of hydrogen-bond acceptors (Lipinski definition) is 5. The fourth-order valence-corrected chi connectivity index (χ4v) is 1.91. The summed E-state index contributed by atoms with van der Waals surface area (Å²) in [6.45, 7) is 7.85. The molecular weight excluding hydrogens is 259 g/mol. The Morgan fingerprint density at radius 2 is 1.85 bits per heavy atom. The molecule has 0 unspecified atom stereocenters. The van der Waals surface area contributed by atoms with Crippen LogP contribution in [0, 0.1) is 0 Å². The molecule has 0 aliphatic carbocycles. The summed E-state index contributed by atoms with van der Waals surface area (Å²) in [5.74, 6) is -0.143. The summed E-state index contributed by atoms with van der Waals surface area (Å²) in [5.41, 5.74) is 5.08. The normalized spacial score (nSPS) is 19.9. The summed E-state index contributed by atoms with van der Waals surface area (Å²) in [6.07, 6.45) is 1.50. The number of hydrogen-bond donors (Lipinski definition) is 1. The molecule has 1 aliphatic heterocycles. The SMILES string of the molecule is COc1cc(C(N)=O)ncc1B1OC(C)(C)C(C)(C)O1. The third-order valence-corrected chi connectivity index (χ3v) is 3.87. The zero-order valence-corrected chi connectivity index (χ0v) is 12.4. The van der Waals surface area contributed by atoms with Gasteiger partial charge in [-0.15, -0.1) is 0 Å². The molecule has 1 aliphatic rings. The van der Waals surface area contributed by atoms with Crippen LogP contribution >= 0.6 is 0 Å². The number of carbonyl (C=O) groups is 1. The topological polar surface area (TPSA) is 83.7 Å². The number of amides is 1. The van der Waals surface area contributed by atoms with Gasteiger partial charge in [-0.3, -0.25) is 9.78 Å². The fraction of sp³-hybridized carbons (Fsp3) is 0.538. The van der Waals surface area contributed by atoms with Crippen LogP contribution in [-0.4, -0.2) is 36.3 Å². The molecule has 1 amide bonds. The highest BCUT2D eigenvalue weighted by atomic mass is 16.7. The highest BCUT2D eigenvalue weighted by Crippen LogP contribution is 2.37. The fourth-order valence-electron chi connectivity index (χ4n) is 1.91. The first-order chi connectivity index (χ1) is 9.18. The van der Waals surface area contributed by atoms with Crippen LogP contribution in [0.1, 0.15) is 38.2 Å². The predicted octanol–water partition coefficient (Wildman–Crippen LogP) is 0.488. The molecule has 6 nitrogen and oxygen atoms in total. The number of carbonyl (C=O) groups excluding carboxylic acids is 1. The molecular formula is C13H19BN2O4. The van der Waals surface area contributed by atoms with Gasteiger partial charge in [0.15, 0.2) is 0 Å². The molecule has 7 heteroatoms. The average Bonchev–Trinajstić information content (AvgIpc) is 2.57. The van der Waals surface area contributed by atoms with Gasteiger partial charge in [-0.1, -0.05) is 0 Å². The Balaban J connectivity index is 2.37. The molecule has 2 rings (SSSR count). The third kappa shape index (κ3) is 2.38. The number of methoxy groups -OCH3 is 1. The minimum atomic E-state index is -0.608. The smallest absolute Gasteiger partial charge is 0.497 e. The Hall–Kier alpha value is -1.60. The molecule has 2 N–H and O–H groups in total. The molecule has 1 saturated heterocycles. The van der Waals surface area contributed by atoms with E-state index in [1.807, 2.05) is 27.7 Å². The van der Waals surface area contributed by atoms with Crippen LogP contribution < -0.4 is 15.9 Å². The zero-order valence-electron chi connectivity index (χ0n) is 12.4. The quantitative estimate of drug-likeness (QED) is 0.813. The van der Waals surface area contributed by atoms with Gasteiger partial charge in [0.25, 0.3) is 5.91 Å². The van der Waals surface area contributed by atoms with Crippen molar-refractivity contribution in [2.75, 3.05) is 7.11 Å². The summed E-state index contributed by atoms with van der Waals surface area (Å²) in [6, 6.07) is 1.49. The molecule has 108 valence electrons. The van der Waals surface area contributed by atoms with Gasteiger partial charge in [0, 0.05) is 17.7 Å². The Bertz CT molecular complexity index is 529. The van der Waals surface area contributed by atoms with E-state index in [-0.39, 0.29) is 5.69 Å². The lowest BCUT2D eigenvalue weighted by atomic mass is 9.79. The molecule has 0 atom stereocenters. The Morgan fingerprint density at radius 3 is 2.30 bits per heavy atom. The molecule has 0 spiro atoms. The van der Waals surface area contributed by atoms with Gasteiger partial charge in [-0.25, -0.2) is 0 Å². The van der Waals surface area contributed by atoms with Crippen molar-refractivity contribution < 1.29 is 18.8 Å². The van der Waals surface area contributed by atoms with Crippen molar-refractivity contribution in [2.24, 2.45) is 5.73 Å². The van der Waals surface area contributed by atoms with Crippen LogP contribution in [0.2, 0.25) is 0 Å². The molecule has 0 radical (unpaired) electrons. The van der Waals surface area contributed by atoms with Crippen LogP contribution in [0.5, 0.6) is 5.75 Å². The second kappa shape index (κ2) is 4.75. The van der Waals surface area contributed by atoms with Gasteiger partial charge in [-0.05, 0) is 27.7 Å². The molecule has 2 heterocycles. The van der Waals surface area contributed by atoms with Gasteiger partial charge >= 0.3 is 7.12 Å².